The van der Waals surface area contributed by atoms with Gasteiger partial charge in [-0.1, -0.05) is 30.3 Å². The number of halogens is 2. The SMILES string of the molecule is CCOc1c(Br)cc(CNC(C)CCc2ccccc2)cc1OC.Cl. The first-order valence-electron chi connectivity index (χ1n) is 8.40. The molecule has 0 radical (unpaired) electrons. The fraction of sp³-hybridized carbons (Fsp3) is 0.400. The second kappa shape index (κ2) is 11.4. The van der Waals surface area contributed by atoms with Crippen molar-refractivity contribution < 1.29 is 9.47 Å². The lowest BCUT2D eigenvalue weighted by Gasteiger charge is -2.16. The van der Waals surface area contributed by atoms with Crippen molar-refractivity contribution in [2.45, 2.75) is 39.3 Å². The van der Waals surface area contributed by atoms with Gasteiger partial charge in [-0.05, 0) is 65.9 Å². The summed E-state index contributed by atoms with van der Waals surface area (Å²) in [5.74, 6) is 1.53. The van der Waals surface area contributed by atoms with E-state index in [2.05, 4.69) is 64.6 Å². The maximum atomic E-state index is 5.63. The van der Waals surface area contributed by atoms with Gasteiger partial charge in [-0.25, -0.2) is 0 Å². The molecular formula is C20H27BrClNO2. The van der Waals surface area contributed by atoms with Gasteiger partial charge in [0.25, 0.3) is 0 Å². The van der Waals surface area contributed by atoms with E-state index in [0.717, 1.165) is 35.4 Å². The Hall–Kier alpha value is -1.23. The van der Waals surface area contributed by atoms with E-state index in [1.165, 1.54) is 11.1 Å². The highest BCUT2D eigenvalue weighted by molar-refractivity contribution is 9.10. The summed E-state index contributed by atoms with van der Waals surface area (Å²) in [4.78, 5) is 0. The number of aryl methyl sites for hydroxylation is 1. The Balaban J connectivity index is 0.00000312. The molecule has 0 aliphatic rings. The van der Waals surface area contributed by atoms with E-state index in [4.69, 9.17) is 9.47 Å². The van der Waals surface area contributed by atoms with Gasteiger partial charge in [-0.15, -0.1) is 12.4 Å². The molecule has 0 amide bonds. The van der Waals surface area contributed by atoms with Crippen molar-refractivity contribution in [3.05, 3.63) is 58.1 Å². The molecule has 2 rings (SSSR count). The fourth-order valence-electron chi connectivity index (χ4n) is 2.58. The zero-order valence-electron chi connectivity index (χ0n) is 15.0. The molecule has 0 spiro atoms. The third kappa shape index (κ3) is 6.89. The summed E-state index contributed by atoms with van der Waals surface area (Å²) in [5, 5.41) is 3.58. The fourth-order valence-corrected chi connectivity index (χ4v) is 3.19. The van der Waals surface area contributed by atoms with Crippen LogP contribution in [0.2, 0.25) is 0 Å². The van der Waals surface area contributed by atoms with Crippen molar-refractivity contribution in [3.8, 4) is 11.5 Å². The van der Waals surface area contributed by atoms with E-state index < -0.39 is 0 Å². The first-order chi connectivity index (χ1) is 11.6. The molecule has 3 nitrogen and oxygen atoms in total. The van der Waals surface area contributed by atoms with Crippen LogP contribution in [0.4, 0.5) is 0 Å². The van der Waals surface area contributed by atoms with E-state index in [-0.39, 0.29) is 12.4 Å². The molecule has 0 aliphatic carbocycles. The third-order valence-corrected chi connectivity index (χ3v) is 4.53. The molecule has 0 aromatic heterocycles. The Kier molecular flexibility index (Phi) is 9.94. The molecule has 2 aromatic carbocycles. The highest BCUT2D eigenvalue weighted by atomic mass is 79.9. The summed E-state index contributed by atoms with van der Waals surface area (Å²) in [6.07, 6.45) is 2.20. The minimum atomic E-state index is 0. The minimum absolute atomic E-state index is 0. The van der Waals surface area contributed by atoms with E-state index in [1.54, 1.807) is 7.11 Å². The van der Waals surface area contributed by atoms with Gasteiger partial charge >= 0.3 is 0 Å². The van der Waals surface area contributed by atoms with Crippen LogP contribution < -0.4 is 14.8 Å². The molecule has 1 N–H and O–H groups in total. The molecule has 2 aromatic rings. The Morgan fingerprint density at radius 3 is 2.48 bits per heavy atom. The molecule has 25 heavy (non-hydrogen) atoms. The standard InChI is InChI=1S/C20H26BrNO2.ClH/c1-4-24-20-18(21)12-17(13-19(20)23-3)14-22-15(2)10-11-16-8-6-5-7-9-16;/h5-9,12-13,15,22H,4,10-11,14H2,1-3H3;1H. The first-order valence-corrected chi connectivity index (χ1v) is 9.19. The second-order valence-electron chi connectivity index (χ2n) is 5.85. The number of ether oxygens (including phenoxy) is 2. The molecule has 0 saturated heterocycles. The predicted octanol–water partition coefficient (Wildman–Crippen LogP) is 5.39. The van der Waals surface area contributed by atoms with Gasteiger partial charge in [-0.2, -0.15) is 0 Å². The normalized spacial score (nSPS) is 11.5. The zero-order valence-corrected chi connectivity index (χ0v) is 17.5. The molecule has 0 bridgehead atoms. The highest BCUT2D eigenvalue weighted by Gasteiger charge is 2.12. The number of nitrogens with one attached hydrogen (secondary N) is 1. The lowest BCUT2D eigenvalue weighted by Crippen LogP contribution is -2.26. The molecule has 1 unspecified atom stereocenters. The van der Waals surface area contributed by atoms with Crippen LogP contribution in [0, 0.1) is 0 Å². The Morgan fingerprint density at radius 2 is 1.84 bits per heavy atom. The van der Waals surface area contributed by atoms with Crippen LogP contribution in [-0.4, -0.2) is 19.8 Å². The summed E-state index contributed by atoms with van der Waals surface area (Å²) >= 11 is 3.58. The van der Waals surface area contributed by atoms with Gasteiger partial charge in [0, 0.05) is 12.6 Å². The van der Waals surface area contributed by atoms with Gasteiger partial charge in [0.2, 0.25) is 0 Å². The van der Waals surface area contributed by atoms with Crippen LogP contribution in [0.15, 0.2) is 46.9 Å². The molecule has 5 heteroatoms. The van der Waals surface area contributed by atoms with Crippen LogP contribution in [-0.2, 0) is 13.0 Å². The summed E-state index contributed by atoms with van der Waals surface area (Å²) in [5.41, 5.74) is 2.56. The van der Waals surface area contributed by atoms with E-state index in [1.807, 2.05) is 13.0 Å². The van der Waals surface area contributed by atoms with Gasteiger partial charge in [-0.3, -0.25) is 0 Å². The number of methoxy groups -OCH3 is 1. The predicted molar refractivity (Wildman–Crippen MR) is 110 cm³/mol. The van der Waals surface area contributed by atoms with E-state index >= 15 is 0 Å². The molecule has 0 fully saturated rings. The quantitative estimate of drug-likeness (QED) is 0.581. The number of rotatable bonds is 9. The van der Waals surface area contributed by atoms with Crippen LogP contribution in [0.5, 0.6) is 11.5 Å². The molecule has 138 valence electrons. The molecule has 0 heterocycles. The summed E-state index contributed by atoms with van der Waals surface area (Å²) < 4.78 is 12.0. The largest absolute Gasteiger partial charge is 0.493 e. The van der Waals surface area contributed by atoms with Gasteiger partial charge in [0.15, 0.2) is 11.5 Å². The Labute approximate surface area is 165 Å². The van der Waals surface area contributed by atoms with Crippen molar-refractivity contribution in [2.24, 2.45) is 0 Å². The minimum Gasteiger partial charge on any atom is -0.493 e. The van der Waals surface area contributed by atoms with Crippen molar-refractivity contribution in [1.82, 2.24) is 5.32 Å². The zero-order chi connectivity index (χ0) is 17.4. The number of hydrogen-bond acceptors (Lipinski definition) is 3. The van der Waals surface area contributed by atoms with Gasteiger partial charge in [0.05, 0.1) is 18.2 Å². The molecule has 1 atom stereocenters. The van der Waals surface area contributed by atoms with Crippen molar-refractivity contribution in [1.29, 1.82) is 0 Å². The van der Waals surface area contributed by atoms with Crippen LogP contribution in [0.3, 0.4) is 0 Å². The highest BCUT2D eigenvalue weighted by Crippen LogP contribution is 2.36. The van der Waals surface area contributed by atoms with Crippen molar-refractivity contribution in [3.63, 3.8) is 0 Å². The average molecular weight is 429 g/mol. The molecule has 0 saturated carbocycles. The van der Waals surface area contributed by atoms with Crippen LogP contribution in [0.25, 0.3) is 0 Å². The maximum Gasteiger partial charge on any atom is 0.175 e. The van der Waals surface area contributed by atoms with Gasteiger partial charge in [0.1, 0.15) is 0 Å². The van der Waals surface area contributed by atoms with E-state index in [0.29, 0.717) is 12.6 Å². The topological polar surface area (TPSA) is 30.5 Å². The maximum absolute atomic E-state index is 5.63. The molecule has 0 aliphatic heterocycles. The van der Waals surface area contributed by atoms with Crippen LogP contribution >= 0.6 is 28.3 Å². The lowest BCUT2D eigenvalue weighted by molar-refractivity contribution is 0.308. The number of benzene rings is 2. The van der Waals surface area contributed by atoms with Crippen molar-refractivity contribution in [2.75, 3.05) is 13.7 Å². The number of hydrogen-bond donors (Lipinski definition) is 1. The van der Waals surface area contributed by atoms with Gasteiger partial charge < -0.3 is 14.8 Å². The van der Waals surface area contributed by atoms with Crippen LogP contribution in [0.1, 0.15) is 31.4 Å². The average Bonchev–Trinajstić information content (AvgIpc) is 2.61. The Morgan fingerprint density at radius 1 is 1.12 bits per heavy atom. The smallest absolute Gasteiger partial charge is 0.175 e. The van der Waals surface area contributed by atoms with Crippen molar-refractivity contribution >= 4 is 28.3 Å². The third-order valence-electron chi connectivity index (χ3n) is 3.94. The first kappa shape index (κ1) is 21.8. The summed E-state index contributed by atoms with van der Waals surface area (Å²) in [7, 11) is 1.67. The Bertz CT molecular complexity index is 637. The lowest BCUT2D eigenvalue weighted by atomic mass is 10.1. The monoisotopic (exact) mass is 427 g/mol. The van der Waals surface area contributed by atoms with E-state index in [9.17, 15) is 0 Å². The molecular weight excluding hydrogens is 402 g/mol. The summed E-state index contributed by atoms with van der Waals surface area (Å²) in [6.45, 7) is 5.61. The summed E-state index contributed by atoms with van der Waals surface area (Å²) in [6, 6.07) is 15.2. The second-order valence-corrected chi connectivity index (χ2v) is 6.70.